The Balaban J connectivity index is 1.56. The highest BCUT2D eigenvalue weighted by molar-refractivity contribution is 7.15. The maximum Gasteiger partial charge on any atom is 0.341 e. The lowest BCUT2D eigenvalue weighted by atomic mass is 10.0. The first kappa shape index (κ1) is 23.9. The number of rotatable bonds is 9. The van der Waals surface area contributed by atoms with Crippen LogP contribution in [0.25, 0.3) is 11.1 Å². The molecule has 4 rings (SSSR count). The Labute approximate surface area is 202 Å². The van der Waals surface area contributed by atoms with Crippen LogP contribution >= 0.6 is 11.3 Å². The average molecular weight is 482 g/mol. The molecule has 34 heavy (non-hydrogen) atoms. The van der Waals surface area contributed by atoms with Gasteiger partial charge < -0.3 is 24.3 Å². The largest absolute Gasteiger partial charge is 0.494 e. The van der Waals surface area contributed by atoms with E-state index < -0.39 is 12.3 Å². The summed E-state index contributed by atoms with van der Waals surface area (Å²) in [5.74, 6) is -0.0304. The molecular formula is C26H27NO6S. The Morgan fingerprint density at radius 1 is 1.03 bits per heavy atom. The van der Waals surface area contributed by atoms with Gasteiger partial charge in [-0.25, -0.2) is 4.79 Å². The summed E-state index contributed by atoms with van der Waals surface area (Å²) >= 11 is 1.29. The molecule has 0 radical (unpaired) electrons. The molecule has 3 aromatic rings. The average Bonchev–Trinajstić information content (AvgIpc) is 3.54. The fraction of sp³-hybridized carbons (Fsp3) is 0.308. The van der Waals surface area contributed by atoms with Crippen LogP contribution in [0.1, 0.15) is 52.8 Å². The van der Waals surface area contributed by atoms with Crippen LogP contribution in [0.5, 0.6) is 5.75 Å². The zero-order chi connectivity index (χ0) is 23.9. The Bertz CT molecular complexity index is 1120. The van der Waals surface area contributed by atoms with Gasteiger partial charge in [-0.3, -0.25) is 4.79 Å². The fourth-order valence-corrected chi connectivity index (χ4v) is 4.49. The van der Waals surface area contributed by atoms with E-state index in [0.29, 0.717) is 41.5 Å². The number of carbonyl (C=O) groups excluding carboxylic acids is 2. The highest BCUT2D eigenvalue weighted by atomic mass is 32.1. The molecule has 1 fully saturated rings. The number of hydrogen-bond donors (Lipinski definition) is 1. The second-order valence-corrected chi connectivity index (χ2v) is 8.48. The van der Waals surface area contributed by atoms with Crippen LogP contribution in [-0.2, 0) is 14.2 Å². The van der Waals surface area contributed by atoms with E-state index in [2.05, 4.69) is 5.32 Å². The highest BCUT2D eigenvalue weighted by Gasteiger charge is 2.24. The number of hydrogen-bond acceptors (Lipinski definition) is 7. The molecule has 0 atom stereocenters. The van der Waals surface area contributed by atoms with Crippen molar-refractivity contribution in [2.45, 2.75) is 26.6 Å². The summed E-state index contributed by atoms with van der Waals surface area (Å²) in [6, 6.07) is 14.6. The SMILES string of the molecule is CCCOc1ccc(-c2csc(NC(=O)c3ccc(C4OCCO4)cc3)c2C(=O)OCC)cc1. The van der Waals surface area contributed by atoms with E-state index in [4.69, 9.17) is 18.9 Å². The van der Waals surface area contributed by atoms with E-state index in [1.54, 1.807) is 31.2 Å². The van der Waals surface area contributed by atoms with Crippen LogP contribution in [-0.4, -0.2) is 38.3 Å². The van der Waals surface area contributed by atoms with E-state index in [9.17, 15) is 9.59 Å². The monoisotopic (exact) mass is 481 g/mol. The van der Waals surface area contributed by atoms with Crippen molar-refractivity contribution in [3.8, 4) is 16.9 Å². The Morgan fingerprint density at radius 2 is 1.74 bits per heavy atom. The third-order valence-electron chi connectivity index (χ3n) is 5.20. The Hall–Kier alpha value is -3.20. The quantitative estimate of drug-likeness (QED) is 0.396. The Morgan fingerprint density at radius 3 is 2.38 bits per heavy atom. The summed E-state index contributed by atoms with van der Waals surface area (Å²) in [7, 11) is 0. The van der Waals surface area contributed by atoms with Gasteiger partial charge in [0.1, 0.15) is 16.3 Å². The lowest BCUT2D eigenvalue weighted by Crippen LogP contribution is -2.15. The van der Waals surface area contributed by atoms with Gasteiger partial charge in [0.15, 0.2) is 6.29 Å². The number of ether oxygens (including phenoxy) is 4. The number of carbonyl (C=O) groups is 2. The number of esters is 1. The lowest BCUT2D eigenvalue weighted by molar-refractivity contribution is -0.0441. The number of benzene rings is 2. The maximum absolute atomic E-state index is 12.9. The predicted molar refractivity (Wildman–Crippen MR) is 131 cm³/mol. The van der Waals surface area contributed by atoms with E-state index in [1.165, 1.54) is 11.3 Å². The molecule has 0 aliphatic carbocycles. The molecule has 1 saturated heterocycles. The van der Waals surface area contributed by atoms with Gasteiger partial charge in [-0.15, -0.1) is 11.3 Å². The van der Waals surface area contributed by atoms with E-state index in [1.807, 2.05) is 36.6 Å². The molecule has 1 N–H and O–H groups in total. The third kappa shape index (κ3) is 5.47. The van der Waals surface area contributed by atoms with Gasteiger partial charge in [0.25, 0.3) is 5.91 Å². The zero-order valence-corrected chi connectivity index (χ0v) is 20.0. The molecule has 8 heteroatoms. The first-order chi connectivity index (χ1) is 16.6. The molecular weight excluding hydrogens is 454 g/mol. The molecule has 2 heterocycles. The second kappa shape index (κ2) is 11.3. The van der Waals surface area contributed by atoms with E-state index in [-0.39, 0.29) is 12.5 Å². The van der Waals surface area contributed by atoms with E-state index in [0.717, 1.165) is 23.3 Å². The highest BCUT2D eigenvalue weighted by Crippen LogP contribution is 2.37. The molecule has 0 bridgehead atoms. The molecule has 1 aliphatic heterocycles. The van der Waals surface area contributed by atoms with Crippen LogP contribution < -0.4 is 10.1 Å². The van der Waals surface area contributed by atoms with E-state index >= 15 is 0 Å². The van der Waals surface area contributed by atoms with Crippen LogP contribution in [0.3, 0.4) is 0 Å². The second-order valence-electron chi connectivity index (χ2n) is 7.60. The van der Waals surface area contributed by atoms with Crippen LogP contribution in [0.4, 0.5) is 5.00 Å². The first-order valence-corrected chi connectivity index (χ1v) is 12.1. The number of amides is 1. The maximum atomic E-state index is 12.9. The van der Waals surface area contributed by atoms with Crippen molar-refractivity contribution < 1.29 is 28.5 Å². The van der Waals surface area contributed by atoms with Crippen molar-refractivity contribution in [1.29, 1.82) is 0 Å². The standard InChI is InChI=1S/C26H27NO6S/c1-3-13-31-20-11-9-17(10-12-20)21-16-34-24(22(21)25(29)30-4-2)27-23(28)18-5-7-19(8-6-18)26-32-14-15-33-26/h5-12,16,26H,3-4,13-15H2,1-2H3,(H,27,28). The molecule has 1 aromatic heterocycles. The molecule has 1 aliphatic rings. The van der Waals surface area contributed by atoms with Crippen LogP contribution in [0.2, 0.25) is 0 Å². The van der Waals surface area contributed by atoms with Gasteiger partial charge in [0.05, 0.1) is 26.4 Å². The molecule has 1 amide bonds. The summed E-state index contributed by atoms with van der Waals surface area (Å²) in [4.78, 5) is 25.8. The fourth-order valence-electron chi connectivity index (χ4n) is 3.54. The van der Waals surface area contributed by atoms with Gasteiger partial charge in [0.2, 0.25) is 0 Å². The van der Waals surface area contributed by atoms with Crippen molar-refractivity contribution in [3.05, 3.63) is 70.6 Å². The van der Waals surface area contributed by atoms with Gasteiger partial charge in [-0.05, 0) is 43.2 Å². The molecule has 178 valence electrons. The van der Waals surface area contributed by atoms with Crippen molar-refractivity contribution in [2.75, 3.05) is 31.7 Å². The van der Waals surface area contributed by atoms with Crippen molar-refractivity contribution in [3.63, 3.8) is 0 Å². The van der Waals surface area contributed by atoms with Gasteiger partial charge in [0, 0.05) is 22.1 Å². The number of thiophene rings is 1. The van der Waals surface area contributed by atoms with Gasteiger partial charge in [-0.1, -0.05) is 31.2 Å². The molecule has 0 spiro atoms. The smallest absolute Gasteiger partial charge is 0.341 e. The Kier molecular flexibility index (Phi) is 7.95. The summed E-state index contributed by atoms with van der Waals surface area (Å²) < 4.78 is 21.9. The molecule has 2 aromatic carbocycles. The topological polar surface area (TPSA) is 83.1 Å². The van der Waals surface area contributed by atoms with Crippen molar-refractivity contribution >= 4 is 28.2 Å². The molecule has 0 unspecified atom stereocenters. The predicted octanol–water partition coefficient (Wildman–Crippen LogP) is 5.68. The van der Waals surface area contributed by atoms with Crippen LogP contribution in [0.15, 0.2) is 53.9 Å². The number of nitrogens with one attached hydrogen (secondary N) is 1. The minimum absolute atomic E-state index is 0.234. The minimum Gasteiger partial charge on any atom is -0.494 e. The summed E-state index contributed by atoms with van der Waals surface area (Å²) in [5, 5.41) is 5.17. The number of anilines is 1. The third-order valence-corrected chi connectivity index (χ3v) is 6.10. The van der Waals surface area contributed by atoms with Gasteiger partial charge >= 0.3 is 5.97 Å². The minimum atomic E-state index is -0.480. The summed E-state index contributed by atoms with van der Waals surface area (Å²) in [6.45, 7) is 5.79. The lowest BCUT2D eigenvalue weighted by Gasteiger charge is -2.11. The molecule has 0 saturated carbocycles. The normalized spacial score (nSPS) is 13.6. The zero-order valence-electron chi connectivity index (χ0n) is 19.2. The molecule has 7 nitrogen and oxygen atoms in total. The van der Waals surface area contributed by atoms with Crippen molar-refractivity contribution in [2.24, 2.45) is 0 Å². The van der Waals surface area contributed by atoms with Gasteiger partial charge in [-0.2, -0.15) is 0 Å². The summed E-state index contributed by atoms with van der Waals surface area (Å²) in [5.41, 5.74) is 3.19. The summed E-state index contributed by atoms with van der Waals surface area (Å²) in [6.07, 6.45) is 0.527. The van der Waals surface area contributed by atoms with Crippen LogP contribution in [0, 0.1) is 0 Å². The first-order valence-electron chi connectivity index (χ1n) is 11.3. The van der Waals surface area contributed by atoms with Crippen molar-refractivity contribution in [1.82, 2.24) is 0 Å².